The van der Waals surface area contributed by atoms with Crippen LogP contribution in [-0.2, 0) is 12.7 Å². The van der Waals surface area contributed by atoms with Crippen molar-refractivity contribution in [3.05, 3.63) is 47.9 Å². The number of nitrogens with zero attached hydrogens (tertiary/aromatic N) is 5. The van der Waals surface area contributed by atoms with Gasteiger partial charge in [0.2, 0.25) is 5.95 Å². The normalized spacial score (nSPS) is 11.5. The zero-order chi connectivity index (χ0) is 17.2. The first-order valence-corrected chi connectivity index (χ1v) is 6.81. The predicted octanol–water partition coefficient (Wildman–Crippen LogP) is 2.86. The highest BCUT2D eigenvalue weighted by molar-refractivity contribution is 5.50. The summed E-state index contributed by atoms with van der Waals surface area (Å²) >= 11 is 0. The molecule has 0 atom stereocenters. The molecular formula is C14H11F3N6O. The quantitative estimate of drug-likeness (QED) is 0.783. The molecule has 1 N–H and O–H groups in total. The predicted molar refractivity (Wildman–Crippen MR) is 76.6 cm³/mol. The van der Waals surface area contributed by atoms with E-state index in [1.807, 2.05) is 25.1 Å². The van der Waals surface area contributed by atoms with E-state index in [-0.39, 0.29) is 11.5 Å². The topological polar surface area (TPSA) is 89.6 Å². The summed E-state index contributed by atoms with van der Waals surface area (Å²) in [4.78, 5) is 12.3. The van der Waals surface area contributed by atoms with Gasteiger partial charge in [-0.1, -0.05) is 6.07 Å². The van der Waals surface area contributed by atoms with Crippen LogP contribution in [0.5, 0.6) is 0 Å². The molecule has 0 unspecified atom stereocenters. The average Bonchev–Trinajstić information content (AvgIpc) is 3.04. The number of rotatable bonds is 4. The van der Waals surface area contributed by atoms with E-state index in [1.165, 1.54) is 12.4 Å². The van der Waals surface area contributed by atoms with E-state index < -0.39 is 12.1 Å². The van der Waals surface area contributed by atoms with Crippen molar-refractivity contribution in [2.75, 3.05) is 5.32 Å². The molecule has 0 aliphatic heterocycles. The second-order valence-corrected chi connectivity index (χ2v) is 4.83. The van der Waals surface area contributed by atoms with Gasteiger partial charge >= 0.3 is 12.1 Å². The number of aryl methyl sites for hydroxylation is 1. The molecule has 3 aromatic heterocycles. The third-order valence-corrected chi connectivity index (χ3v) is 2.94. The van der Waals surface area contributed by atoms with Crippen molar-refractivity contribution >= 4 is 5.95 Å². The highest BCUT2D eigenvalue weighted by Crippen LogP contribution is 2.29. The summed E-state index contributed by atoms with van der Waals surface area (Å²) in [5.74, 6) is -1.41. The molecule has 3 aromatic rings. The molecule has 0 radical (unpaired) electrons. The Morgan fingerprint density at radius 1 is 1.12 bits per heavy atom. The van der Waals surface area contributed by atoms with Gasteiger partial charge in [-0.25, -0.2) is 9.97 Å². The summed E-state index contributed by atoms with van der Waals surface area (Å²) in [6.07, 6.45) is -2.09. The van der Waals surface area contributed by atoms with Crippen LogP contribution in [0.25, 0.3) is 11.5 Å². The van der Waals surface area contributed by atoms with E-state index in [4.69, 9.17) is 0 Å². The Bertz CT molecular complexity index is 831. The number of hydrogen-bond donors (Lipinski definition) is 1. The number of anilines is 1. The smallest absolute Gasteiger partial charge is 0.413 e. The zero-order valence-corrected chi connectivity index (χ0v) is 12.4. The molecule has 3 rings (SSSR count). The van der Waals surface area contributed by atoms with Gasteiger partial charge in [-0.15, -0.1) is 10.2 Å². The van der Waals surface area contributed by atoms with E-state index in [0.29, 0.717) is 12.5 Å². The lowest BCUT2D eigenvalue weighted by Gasteiger charge is -2.05. The highest BCUT2D eigenvalue weighted by atomic mass is 19.4. The molecule has 0 spiro atoms. The van der Waals surface area contributed by atoms with E-state index >= 15 is 0 Å². The summed E-state index contributed by atoms with van der Waals surface area (Å²) in [5.41, 5.74) is 1.90. The second kappa shape index (κ2) is 6.22. The minimum Gasteiger partial charge on any atom is -0.413 e. The fourth-order valence-electron chi connectivity index (χ4n) is 1.85. The monoisotopic (exact) mass is 336 g/mol. The van der Waals surface area contributed by atoms with Gasteiger partial charge in [0.15, 0.2) is 0 Å². The Kier molecular flexibility index (Phi) is 4.11. The van der Waals surface area contributed by atoms with E-state index in [9.17, 15) is 13.2 Å². The van der Waals surface area contributed by atoms with Gasteiger partial charge in [-0.05, 0) is 19.1 Å². The molecule has 0 aliphatic rings. The van der Waals surface area contributed by atoms with Crippen molar-refractivity contribution in [1.82, 2.24) is 25.1 Å². The molecule has 24 heavy (non-hydrogen) atoms. The van der Waals surface area contributed by atoms with Crippen molar-refractivity contribution < 1.29 is 17.6 Å². The van der Waals surface area contributed by atoms with Crippen LogP contribution in [0.2, 0.25) is 0 Å². The molecule has 3 heterocycles. The van der Waals surface area contributed by atoms with Crippen LogP contribution in [0.3, 0.4) is 0 Å². The largest absolute Gasteiger partial charge is 0.470 e. The molecular weight excluding hydrogens is 325 g/mol. The summed E-state index contributed by atoms with van der Waals surface area (Å²) < 4.78 is 41.8. The Labute approximate surface area is 134 Å². The Balaban J connectivity index is 1.68. The van der Waals surface area contributed by atoms with Crippen molar-refractivity contribution in [2.45, 2.75) is 19.6 Å². The van der Waals surface area contributed by atoms with Crippen molar-refractivity contribution in [3.63, 3.8) is 0 Å². The fraction of sp³-hybridized carbons (Fsp3) is 0.214. The zero-order valence-electron chi connectivity index (χ0n) is 12.4. The van der Waals surface area contributed by atoms with Gasteiger partial charge < -0.3 is 9.73 Å². The maximum Gasteiger partial charge on any atom is 0.470 e. The molecule has 124 valence electrons. The molecule has 0 saturated carbocycles. The fourth-order valence-corrected chi connectivity index (χ4v) is 1.85. The molecule has 10 heteroatoms. The molecule has 0 saturated heterocycles. The summed E-state index contributed by atoms with van der Waals surface area (Å²) in [6.45, 7) is 2.30. The molecule has 0 aliphatic carbocycles. The van der Waals surface area contributed by atoms with Gasteiger partial charge in [-0.3, -0.25) is 4.98 Å². The lowest BCUT2D eigenvalue weighted by molar-refractivity contribution is -0.156. The van der Waals surface area contributed by atoms with Crippen LogP contribution in [0, 0.1) is 6.92 Å². The number of halogens is 3. The first kappa shape index (κ1) is 15.8. The standard InChI is InChI=1S/C14H11F3N6O/c1-8-3-2-4-10(21-8)7-20-13-18-5-9(6-19-13)11-22-23-12(24-11)14(15,16)17/h2-6H,7H2,1H3,(H,18,19,20). The SMILES string of the molecule is Cc1cccc(CNc2ncc(-c3nnc(C(F)(F)F)o3)cn2)n1. The minimum absolute atomic E-state index is 0.192. The van der Waals surface area contributed by atoms with Crippen LogP contribution in [0.4, 0.5) is 19.1 Å². The van der Waals surface area contributed by atoms with Crippen LogP contribution < -0.4 is 5.32 Å². The van der Waals surface area contributed by atoms with Gasteiger partial charge in [0.05, 0.1) is 17.8 Å². The number of hydrogen-bond acceptors (Lipinski definition) is 7. The molecule has 0 aromatic carbocycles. The van der Waals surface area contributed by atoms with Gasteiger partial charge in [0.1, 0.15) is 0 Å². The first-order chi connectivity index (χ1) is 11.4. The van der Waals surface area contributed by atoms with Crippen LogP contribution >= 0.6 is 0 Å². The Morgan fingerprint density at radius 2 is 1.88 bits per heavy atom. The molecule has 0 amide bonds. The summed E-state index contributed by atoms with van der Waals surface area (Å²) in [6, 6.07) is 5.62. The number of aromatic nitrogens is 5. The third-order valence-electron chi connectivity index (χ3n) is 2.94. The molecule has 0 bridgehead atoms. The number of nitrogens with one attached hydrogen (secondary N) is 1. The van der Waals surface area contributed by atoms with E-state index in [1.54, 1.807) is 0 Å². The van der Waals surface area contributed by atoms with Gasteiger partial charge in [0.25, 0.3) is 5.89 Å². The highest BCUT2D eigenvalue weighted by Gasteiger charge is 2.38. The van der Waals surface area contributed by atoms with E-state index in [0.717, 1.165) is 11.4 Å². The Hall–Kier alpha value is -3.04. The third kappa shape index (κ3) is 3.65. The van der Waals surface area contributed by atoms with Gasteiger partial charge in [0, 0.05) is 18.1 Å². The maximum atomic E-state index is 12.4. The van der Waals surface area contributed by atoms with Crippen LogP contribution in [0.15, 0.2) is 35.0 Å². The summed E-state index contributed by atoms with van der Waals surface area (Å²) in [5, 5.41) is 9.25. The van der Waals surface area contributed by atoms with Crippen LogP contribution in [0.1, 0.15) is 17.3 Å². The lowest BCUT2D eigenvalue weighted by Crippen LogP contribution is -2.05. The molecule has 7 nitrogen and oxygen atoms in total. The summed E-state index contributed by atoms with van der Waals surface area (Å²) in [7, 11) is 0. The number of pyridine rings is 1. The maximum absolute atomic E-state index is 12.4. The number of alkyl halides is 3. The van der Waals surface area contributed by atoms with E-state index in [2.05, 4.69) is 34.9 Å². The lowest BCUT2D eigenvalue weighted by atomic mass is 10.3. The van der Waals surface area contributed by atoms with Crippen LogP contribution in [-0.4, -0.2) is 25.1 Å². The molecule has 0 fully saturated rings. The average molecular weight is 336 g/mol. The van der Waals surface area contributed by atoms with Gasteiger partial charge in [-0.2, -0.15) is 13.2 Å². The van der Waals surface area contributed by atoms with Crippen molar-refractivity contribution in [2.24, 2.45) is 0 Å². The minimum atomic E-state index is -4.69. The first-order valence-electron chi connectivity index (χ1n) is 6.81. The van der Waals surface area contributed by atoms with Crippen molar-refractivity contribution in [3.8, 4) is 11.5 Å². The van der Waals surface area contributed by atoms with Crippen molar-refractivity contribution in [1.29, 1.82) is 0 Å². The second-order valence-electron chi connectivity index (χ2n) is 4.83. The Morgan fingerprint density at radius 3 is 2.50 bits per heavy atom.